The molecule has 1 aromatic carbocycles. The molecule has 0 fully saturated rings. The molecule has 1 heterocycles. The molecule has 0 aliphatic carbocycles. The Hall–Kier alpha value is -1.29. The van der Waals surface area contributed by atoms with E-state index < -0.39 is 0 Å². The summed E-state index contributed by atoms with van der Waals surface area (Å²) in [6.45, 7) is 3.58. The summed E-state index contributed by atoms with van der Waals surface area (Å²) in [5.74, 6) is 1.77. The first-order chi connectivity index (χ1) is 10.2. The van der Waals surface area contributed by atoms with Crippen molar-refractivity contribution >= 4 is 11.6 Å². The minimum Gasteiger partial charge on any atom is -0.462 e. The van der Waals surface area contributed by atoms with Crippen LogP contribution in [-0.4, -0.2) is 13.7 Å². The van der Waals surface area contributed by atoms with E-state index in [1.54, 1.807) is 7.11 Å². The molecule has 21 heavy (non-hydrogen) atoms. The maximum Gasteiger partial charge on any atom is 0.129 e. The molecule has 1 atom stereocenters. The van der Waals surface area contributed by atoms with Crippen molar-refractivity contribution in [3.05, 3.63) is 58.5 Å². The number of furan rings is 1. The number of benzene rings is 1. The molecule has 0 aliphatic heterocycles. The van der Waals surface area contributed by atoms with Crippen molar-refractivity contribution in [1.29, 1.82) is 0 Å². The maximum absolute atomic E-state index is 6.27. The SMILES string of the molecule is CCCNC(Cc1ccccc1Cl)c1ccc(COC)o1. The van der Waals surface area contributed by atoms with Crippen molar-refractivity contribution in [1.82, 2.24) is 5.32 Å². The number of nitrogens with one attached hydrogen (secondary N) is 1. The van der Waals surface area contributed by atoms with E-state index in [0.717, 1.165) is 41.5 Å². The van der Waals surface area contributed by atoms with Gasteiger partial charge in [-0.1, -0.05) is 36.7 Å². The molecule has 114 valence electrons. The lowest BCUT2D eigenvalue weighted by molar-refractivity contribution is 0.161. The van der Waals surface area contributed by atoms with Crippen LogP contribution in [0.2, 0.25) is 5.02 Å². The average molecular weight is 308 g/mol. The van der Waals surface area contributed by atoms with E-state index in [-0.39, 0.29) is 6.04 Å². The average Bonchev–Trinajstić information content (AvgIpc) is 2.94. The minimum atomic E-state index is 0.121. The lowest BCUT2D eigenvalue weighted by Crippen LogP contribution is -2.23. The van der Waals surface area contributed by atoms with E-state index in [0.29, 0.717) is 6.61 Å². The zero-order chi connectivity index (χ0) is 15.1. The van der Waals surface area contributed by atoms with Gasteiger partial charge in [0.2, 0.25) is 0 Å². The van der Waals surface area contributed by atoms with Gasteiger partial charge in [0.1, 0.15) is 18.1 Å². The van der Waals surface area contributed by atoms with Gasteiger partial charge in [0.25, 0.3) is 0 Å². The van der Waals surface area contributed by atoms with Gasteiger partial charge in [-0.15, -0.1) is 0 Å². The van der Waals surface area contributed by atoms with Crippen molar-refractivity contribution in [3.8, 4) is 0 Å². The molecule has 0 aliphatic rings. The Morgan fingerprint density at radius 3 is 2.76 bits per heavy atom. The van der Waals surface area contributed by atoms with Crippen LogP contribution in [0.3, 0.4) is 0 Å². The van der Waals surface area contributed by atoms with E-state index in [4.69, 9.17) is 20.8 Å². The number of methoxy groups -OCH3 is 1. The van der Waals surface area contributed by atoms with Crippen LogP contribution in [0.4, 0.5) is 0 Å². The van der Waals surface area contributed by atoms with E-state index in [1.807, 2.05) is 30.3 Å². The van der Waals surface area contributed by atoms with Crippen LogP contribution in [0.25, 0.3) is 0 Å². The van der Waals surface area contributed by atoms with Crippen LogP contribution >= 0.6 is 11.6 Å². The molecule has 0 spiro atoms. The fourth-order valence-electron chi connectivity index (χ4n) is 2.28. The van der Waals surface area contributed by atoms with Gasteiger partial charge >= 0.3 is 0 Å². The Balaban J connectivity index is 2.15. The van der Waals surface area contributed by atoms with Gasteiger partial charge in [0, 0.05) is 12.1 Å². The second-order valence-corrected chi connectivity index (χ2v) is 5.45. The minimum absolute atomic E-state index is 0.121. The number of rotatable bonds is 8. The normalized spacial score (nSPS) is 12.5. The maximum atomic E-state index is 6.27. The highest BCUT2D eigenvalue weighted by Gasteiger charge is 2.17. The quantitative estimate of drug-likeness (QED) is 0.786. The smallest absolute Gasteiger partial charge is 0.129 e. The second kappa shape index (κ2) is 8.23. The third kappa shape index (κ3) is 4.60. The summed E-state index contributed by atoms with van der Waals surface area (Å²) in [7, 11) is 1.67. The third-order valence-corrected chi connectivity index (χ3v) is 3.70. The number of ether oxygens (including phenoxy) is 1. The third-order valence-electron chi connectivity index (χ3n) is 3.34. The largest absolute Gasteiger partial charge is 0.462 e. The first-order valence-corrected chi connectivity index (χ1v) is 7.66. The molecular weight excluding hydrogens is 286 g/mol. The molecule has 0 saturated carbocycles. The van der Waals surface area contributed by atoms with Crippen molar-refractivity contribution in [2.75, 3.05) is 13.7 Å². The lowest BCUT2D eigenvalue weighted by atomic mass is 10.0. The zero-order valence-corrected chi connectivity index (χ0v) is 13.3. The summed E-state index contributed by atoms with van der Waals surface area (Å²) < 4.78 is 11.0. The molecule has 0 saturated heterocycles. The molecule has 1 aromatic heterocycles. The van der Waals surface area contributed by atoms with E-state index in [1.165, 1.54) is 0 Å². The Labute approximate surface area is 131 Å². The van der Waals surface area contributed by atoms with Crippen LogP contribution in [0, 0.1) is 0 Å². The molecule has 0 amide bonds. The van der Waals surface area contributed by atoms with Crippen LogP contribution in [0.1, 0.15) is 36.5 Å². The number of halogens is 1. The van der Waals surface area contributed by atoms with Crippen molar-refractivity contribution in [2.24, 2.45) is 0 Å². The van der Waals surface area contributed by atoms with Gasteiger partial charge in [0.05, 0.1) is 6.04 Å². The topological polar surface area (TPSA) is 34.4 Å². The molecule has 4 heteroatoms. The van der Waals surface area contributed by atoms with Gasteiger partial charge in [-0.05, 0) is 43.1 Å². The van der Waals surface area contributed by atoms with Crippen LogP contribution in [0.5, 0.6) is 0 Å². The molecule has 3 nitrogen and oxygen atoms in total. The van der Waals surface area contributed by atoms with Crippen LogP contribution < -0.4 is 5.32 Å². The highest BCUT2D eigenvalue weighted by molar-refractivity contribution is 6.31. The van der Waals surface area contributed by atoms with Crippen LogP contribution in [-0.2, 0) is 17.8 Å². The van der Waals surface area contributed by atoms with Gasteiger partial charge < -0.3 is 14.5 Å². The molecule has 2 aromatic rings. The Kier molecular flexibility index (Phi) is 6.30. The van der Waals surface area contributed by atoms with E-state index >= 15 is 0 Å². The van der Waals surface area contributed by atoms with Gasteiger partial charge in [-0.2, -0.15) is 0 Å². The van der Waals surface area contributed by atoms with E-state index in [9.17, 15) is 0 Å². The fraction of sp³-hybridized carbons (Fsp3) is 0.412. The molecule has 1 N–H and O–H groups in total. The first kappa shape index (κ1) is 16.1. The Morgan fingerprint density at radius 2 is 2.05 bits per heavy atom. The highest BCUT2D eigenvalue weighted by atomic mass is 35.5. The standard InChI is InChI=1S/C17H22ClNO2/c1-3-10-19-16(11-13-6-4-5-7-15(13)18)17-9-8-14(21-17)12-20-2/h4-9,16,19H,3,10-12H2,1-2H3. The molecule has 0 radical (unpaired) electrons. The molecule has 1 unspecified atom stereocenters. The fourth-order valence-corrected chi connectivity index (χ4v) is 2.49. The van der Waals surface area contributed by atoms with Gasteiger partial charge in [0.15, 0.2) is 0 Å². The Bertz CT molecular complexity index is 553. The highest BCUT2D eigenvalue weighted by Crippen LogP contribution is 2.25. The van der Waals surface area contributed by atoms with Gasteiger partial charge in [-0.25, -0.2) is 0 Å². The van der Waals surface area contributed by atoms with Gasteiger partial charge in [-0.3, -0.25) is 0 Å². The molecule has 0 bridgehead atoms. The summed E-state index contributed by atoms with van der Waals surface area (Å²) in [4.78, 5) is 0. The first-order valence-electron chi connectivity index (χ1n) is 7.29. The van der Waals surface area contributed by atoms with Crippen molar-refractivity contribution in [2.45, 2.75) is 32.4 Å². The van der Waals surface area contributed by atoms with Crippen LogP contribution in [0.15, 0.2) is 40.8 Å². The number of hydrogen-bond donors (Lipinski definition) is 1. The summed E-state index contributed by atoms with van der Waals surface area (Å²) >= 11 is 6.27. The summed E-state index contributed by atoms with van der Waals surface area (Å²) in [6.07, 6.45) is 1.88. The summed E-state index contributed by atoms with van der Waals surface area (Å²) in [6, 6.07) is 12.0. The molecule has 2 rings (SSSR count). The van der Waals surface area contributed by atoms with E-state index in [2.05, 4.69) is 18.3 Å². The predicted molar refractivity (Wildman–Crippen MR) is 85.6 cm³/mol. The summed E-state index contributed by atoms with van der Waals surface area (Å²) in [5.41, 5.74) is 1.12. The monoisotopic (exact) mass is 307 g/mol. The predicted octanol–water partition coefficient (Wildman–Crippen LogP) is 4.36. The summed E-state index contributed by atoms with van der Waals surface area (Å²) in [5, 5.41) is 4.32. The lowest BCUT2D eigenvalue weighted by Gasteiger charge is -2.17. The van der Waals surface area contributed by atoms with Crippen molar-refractivity contribution < 1.29 is 9.15 Å². The number of hydrogen-bond acceptors (Lipinski definition) is 3. The second-order valence-electron chi connectivity index (χ2n) is 5.04. The Morgan fingerprint density at radius 1 is 1.24 bits per heavy atom. The molecular formula is C17H22ClNO2. The zero-order valence-electron chi connectivity index (χ0n) is 12.6. The van der Waals surface area contributed by atoms with Crippen molar-refractivity contribution in [3.63, 3.8) is 0 Å².